The lowest BCUT2D eigenvalue weighted by molar-refractivity contribution is 0.0859. The molecular weight excluding hydrogens is 256 g/mol. The summed E-state index contributed by atoms with van der Waals surface area (Å²) in [5, 5.41) is 1.02. The summed E-state index contributed by atoms with van der Waals surface area (Å²) in [5.41, 5.74) is 1.17. The Balaban J connectivity index is 3.07. The molecule has 0 aliphatic heterocycles. The van der Waals surface area contributed by atoms with Crippen molar-refractivity contribution in [2.75, 3.05) is 19.8 Å². The van der Waals surface area contributed by atoms with E-state index in [1.54, 1.807) is 0 Å². The molecule has 0 aliphatic rings. The van der Waals surface area contributed by atoms with Crippen molar-refractivity contribution in [3.8, 4) is 0 Å². The molecule has 0 unspecified atom stereocenters. The van der Waals surface area contributed by atoms with Gasteiger partial charge in [-0.1, -0.05) is 36.4 Å². The highest BCUT2D eigenvalue weighted by atomic mass is 28.4. The van der Waals surface area contributed by atoms with Crippen LogP contribution in [0.4, 0.5) is 0 Å². The van der Waals surface area contributed by atoms with Crippen LogP contribution in [-0.4, -0.2) is 28.6 Å². The Morgan fingerprint density at radius 2 is 1.37 bits per heavy atom. The van der Waals surface area contributed by atoms with E-state index in [-0.39, 0.29) is 0 Å². The quantitative estimate of drug-likeness (QED) is 0.685. The lowest BCUT2D eigenvalue weighted by Crippen LogP contribution is -2.56. The first-order valence-electron chi connectivity index (χ1n) is 6.87. The van der Waals surface area contributed by atoms with Crippen LogP contribution in [0, 0.1) is 0 Å². The largest absolute Gasteiger partial charge is 0.537 e. The Kier molecular flexibility index (Phi) is 7.01. The first-order chi connectivity index (χ1) is 9.22. The van der Waals surface area contributed by atoms with Crippen molar-refractivity contribution in [3.63, 3.8) is 0 Å². The van der Waals surface area contributed by atoms with Gasteiger partial charge in [0, 0.05) is 25.0 Å². The average molecular weight is 280 g/mol. The van der Waals surface area contributed by atoms with Gasteiger partial charge in [-0.3, -0.25) is 0 Å². The maximum absolute atomic E-state index is 5.87. The molecule has 0 fully saturated rings. The zero-order valence-corrected chi connectivity index (χ0v) is 13.3. The van der Waals surface area contributed by atoms with Crippen molar-refractivity contribution >= 4 is 20.1 Å². The predicted molar refractivity (Wildman–Crippen MR) is 81.4 cm³/mol. The summed E-state index contributed by atoms with van der Waals surface area (Å²) >= 11 is 0. The van der Waals surface area contributed by atoms with Gasteiger partial charge in [0.05, 0.1) is 0 Å². The maximum atomic E-state index is 5.87. The van der Waals surface area contributed by atoms with Gasteiger partial charge in [0.1, 0.15) is 0 Å². The van der Waals surface area contributed by atoms with Crippen LogP contribution in [-0.2, 0) is 13.3 Å². The highest BCUT2D eigenvalue weighted by Crippen LogP contribution is 2.12. The van der Waals surface area contributed by atoms with Gasteiger partial charge in [-0.15, -0.1) is 0 Å². The molecule has 1 aromatic carbocycles. The Labute approximate surface area is 117 Å². The van der Waals surface area contributed by atoms with Crippen LogP contribution < -0.4 is 5.19 Å². The molecule has 1 aromatic rings. The fourth-order valence-electron chi connectivity index (χ4n) is 1.94. The van der Waals surface area contributed by atoms with Crippen LogP contribution in [0.3, 0.4) is 0 Å². The molecule has 19 heavy (non-hydrogen) atoms. The number of allylic oxidation sites excluding steroid dienone is 1. The third-order valence-corrected chi connectivity index (χ3v) is 5.67. The lowest BCUT2D eigenvalue weighted by atomic mass is 10.2. The SMILES string of the molecule is CC=Cc1ccc([Si](OCC)(OCC)OCC)cc1. The minimum absolute atomic E-state index is 0.586. The van der Waals surface area contributed by atoms with E-state index in [9.17, 15) is 0 Å². The van der Waals surface area contributed by atoms with Crippen molar-refractivity contribution in [2.24, 2.45) is 0 Å². The molecule has 0 spiro atoms. The standard InChI is InChI=1S/C15H24O3Si/c1-5-9-14-10-12-15(13-11-14)19(16-6-2,17-7-3)18-8-4/h5,9-13H,6-8H2,1-4H3. The molecular formula is C15H24O3Si. The van der Waals surface area contributed by atoms with E-state index in [1.165, 1.54) is 5.56 Å². The van der Waals surface area contributed by atoms with Crippen LogP contribution >= 0.6 is 0 Å². The third kappa shape index (κ3) is 4.28. The number of hydrogen-bond donors (Lipinski definition) is 0. The topological polar surface area (TPSA) is 27.7 Å². The van der Waals surface area contributed by atoms with Crippen LogP contribution in [0.2, 0.25) is 0 Å². The minimum atomic E-state index is -2.74. The highest BCUT2D eigenvalue weighted by molar-refractivity contribution is 6.75. The molecule has 3 nitrogen and oxygen atoms in total. The van der Waals surface area contributed by atoms with Gasteiger partial charge in [-0.2, -0.15) is 0 Å². The fraction of sp³-hybridized carbons (Fsp3) is 0.467. The molecule has 0 radical (unpaired) electrons. The van der Waals surface area contributed by atoms with Crippen LogP contribution in [0.15, 0.2) is 30.3 Å². The normalized spacial score (nSPS) is 12.2. The zero-order chi connectivity index (χ0) is 14.1. The van der Waals surface area contributed by atoms with Crippen molar-refractivity contribution in [2.45, 2.75) is 27.7 Å². The molecule has 106 valence electrons. The molecule has 0 saturated carbocycles. The maximum Gasteiger partial charge on any atom is 0.537 e. The summed E-state index contributed by atoms with van der Waals surface area (Å²) in [7, 11) is -2.74. The second-order valence-corrected chi connectivity index (χ2v) is 6.53. The van der Waals surface area contributed by atoms with Crippen LogP contribution in [0.5, 0.6) is 0 Å². The summed E-state index contributed by atoms with van der Waals surface area (Å²) < 4.78 is 17.6. The van der Waals surface area contributed by atoms with E-state index in [0.717, 1.165) is 5.19 Å². The van der Waals surface area contributed by atoms with E-state index in [0.29, 0.717) is 19.8 Å². The summed E-state index contributed by atoms with van der Waals surface area (Å²) in [5.74, 6) is 0. The Bertz CT molecular complexity index is 370. The molecule has 1 rings (SSSR count). The van der Waals surface area contributed by atoms with Gasteiger partial charge in [0.25, 0.3) is 0 Å². The van der Waals surface area contributed by atoms with Crippen molar-refractivity contribution in [1.82, 2.24) is 0 Å². The van der Waals surface area contributed by atoms with E-state index in [1.807, 2.05) is 45.9 Å². The predicted octanol–water partition coefficient (Wildman–Crippen LogP) is 2.98. The van der Waals surface area contributed by atoms with Crippen molar-refractivity contribution < 1.29 is 13.3 Å². The van der Waals surface area contributed by atoms with Gasteiger partial charge >= 0.3 is 8.80 Å². The molecule has 0 bridgehead atoms. The zero-order valence-electron chi connectivity index (χ0n) is 12.3. The number of rotatable bonds is 8. The van der Waals surface area contributed by atoms with Crippen LogP contribution in [0.1, 0.15) is 33.3 Å². The number of hydrogen-bond acceptors (Lipinski definition) is 3. The smallest absolute Gasteiger partial charge is 0.370 e. The Morgan fingerprint density at radius 3 is 1.74 bits per heavy atom. The summed E-state index contributed by atoms with van der Waals surface area (Å²) in [6.45, 7) is 9.66. The van der Waals surface area contributed by atoms with E-state index >= 15 is 0 Å². The Hall–Kier alpha value is -0.943. The second-order valence-electron chi connectivity index (χ2n) is 3.98. The molecule has 0 aromatic heterocycles. The fourth-order valence-corrected chi connectivity index (χ4v) is 4.40. The highest BCUT2D eigenvalue weighted by Gasteiger charge is 2.42. The summed E-state index contributed by atoms with van der Waals surface area (Å²) in [6.07, 6.45) is 4.09. The minimum Gasteiger partial charge on any atom is -0.370 e. The van der Waals surface area contributed by atoms with Gasteiger partial charge in [-0.05, 0) is 33.3 Å². The summed E-state index contributed by atoms with van der Waals surface area (Å²) in [4.78, 5) is 0. The first kappa shape index (κ1) is 16.1. The number of benzene rings is 1. The van der Waals surface area contributed by atoms with Gasteiger partial charge < -0.3 is 13.3 Å². The molecule has 0 saturated heterocycles. The van der Waals surface area contributed by atoms with Crippen LogP contribution in [0.25, 0.3) is 6.08 Å². The van der Waals surface area contributed by atoms with Gasteiger partial charge in [0.2, 0.25) is 0 Å². The summed E-state index contributed by atoms with van der Waals surface area (Å²) in [6, 6.07) is 8.22. The van der Waals surface area contributed by atoms with E-state index < -0.39 is 8.80 Å². The molecule has 4 heteroatoms. The molecule has 0 aliphatic carbocycles. The molecule has 0 heterocycles. The lowest BCUT2D eigenvalue weighted by Gasteiger charge is -2.28. The third-order valence-electron chi connectivity index (χ3n) is 2.63. The van der Waals surface area contributed by atoms with Gasteiger partial charge in [-0.25, -0.2) is 0 Å². The van der Waals surface area contributed by atoms with E-state index in [4.69, 9.17) is 13.3 Å². The first-order valence-corrected chi connectivity index (χ1v) is 8.60. The molecule has 0 N–H and O–H groups in total. The van der Waals surface area contributed by atoms with Crippen molar-refractivity contribution in [1.29, 1.82) is 0 Å². The Morgan fingerprint density at radius 1 is 0.895 bits per heavy atom. The van der Waals surface area contributed by atoms with Crippen molar-refractivity contribution in [3.05, 3.63) is 35.9 Å². The average Bonchev–Trinajstić information content (AvgIpc) is 2.41. The van der Waals surface area contributed by atoms with E-state index in [2.05, 4.69) is 18.2 Å². The monoisotopic (exact) mass is 280 g/mol. The molecule has 0 amide bonds. The second kappa shape index (κ2) is 8.27. The van der Waals surface area contributed by atoms with Gasteiger partial charge in [0.15, 0.2) is 0 Å². The molecule has 0 atom stereocenters.